The van der Waals surface area contributed by atoms with Gasteiger partial charge in [-0.05, 0) is 83.7 Å². The molecule has 2 heteroatoms. The molecule has 0 fully saturated rings. The summed E-state index contributed by atoms with van der Waals surface area (Å²) in [6, 6.07) is 14.8. The molecule has 0 atom stereocenters. The Labute approximate surface area is 221 Å². The van der Waals surface area contributed by atoms with Crippen molar-refractivity contribution in [1.82, 2.24) is 0 Å². The summed E-state index contributed by atoms with van der Waals surface area (Å²) >= 11 is 0. The Morgan fingerprint density at radius 1 is 0.861 bits per heavy atom. The molecule has 2 aromatic rings. The lowest BCUT2D eigenvalue weighted by Gasteiger charge is -2.19. The van der Waals surface area contributed by atoms with Gasteiger partial charge in [0.25, 0.3) is 0 Å². The lowest BCUT2D eigenvalue weighted by molar-refractivity contribution is -0.118. The van der Waals surface area contributed by atoms with E-state index in [9.17, 15) is 9.59 Å². The monoisotopic (exact) mass is 488 g/mol. The van der Waals surface area contributed by atoms with E-state index in [0.717, 1.165) is 64.7 Å². The van der Waals surface area contributed by atoms with Crippen molar-refractivity contribution in [2.24, 2.45) is 0 Å². The minimum absolute atomic E-state index is 0. The number of benzene rings is 2. The summed E-state index contributed by atoms with van der Waals surface area (Å²) < 4.78 is 0. The van der Waals surface area contributed by atoms with Gasteiger partial charge in [0.05, 0.1) is 0 Å². The van der Waals surface area contributed by atoms with Crippen LogP contribution in [-0.4, -0.2) is 11.6 Å². The molecule has 0 aliphatic rings. The highest BCUT2D eigenvalue weighted by molar-refractivity contribution is 5.96. The van der Waals surface area contributed by atoms with Gasteiger partial charge >= 0.3 is 0 Å². The number of aryl methyl sites for hydroxylation is 1. The molecule has 0 aliphatic carbocycles. The van der Waals surface area contributed by atoms with E-state index in [0.29, 0.717) is 12.8 Å². The molecule has 196 valence electrons. The Morgan fingerprint density at radius 2 is 1.44 bits per heavy atom. The number of hydrogen-bond acceptors (Lipinski definition) is 2. The van der Waals surface area contributed by atoms with E-state index >= 15 is 0 Å². The first-order valence-corrected chi connectivity index (χ1v) is 13.2. The lowest BCUT2D eigenvalue weighted by Crippen LogP contribution is -2.05. The molecule has 0 radical (unpaired) electrons. The first-order chi connectivity index (χ1) is 16.8. The van der Waals surface area contributed by atoms with Crippen molar-refractivity contribution in [1.29, 1.82) is 0 Å². The second-order valence-corrected chi connectivity index (χ2v) is 8.61. The third-order valence-corrected chi connectivity index (χ3v) is 5.87. The number of rotatable bonds is 12. The van der Waals surface area contributed by atoms with Crippen molar-refractivity contribution >= 4 is 22.7 Å². The van der Waals surface area contributed by atoms with Gasteiger partial charge in [-0.1, -0.05) is 104 Å². The number of carbonyl (C=O) groups excluding carboxylic acids is 2. The third kappa shape index (κ3) is 9.57. The highest BCUT2D eigenvalue weighted by Crippen LogP contribution is 2.35. The zero-order valence-corrected chi connectivity index (χ0v) is 23.0. The summed E-state index contributed by atoms with van der Waals surface area (Å²) in [5.74, 6) is 0.294. The average molecular weight is 489 g/mol. The number of Topliss-reactive ketones (excluding diaryl/α,β-unsaturated/α-hetero) is 1. The molecule has 36 heavy (non-hydrogen) atoms. The molecule has 2 nitrogen and oxygen atoms in total. The molecule has 2 rings (SSSR count). The SMILES string of the molecule is C.C=C(c1ccc(CC)cc1)c1ccc(CC(=O)CCC)cc1C(=C/C)/C(=C\C(C)=O)CCC.CC. The van der Waals surface area contributed by atoms with Crippen LogP contribution < -0.4 is 0 Å². The summed E-state index contributed by atoms with van der Waals surface area (Å²) in [5, 5.41) is 0. The van der Waals surface area contributed by atoms with Crippen LogP contribution in [0.4, 0.5) is 0 Å². The van der Waals surface area contributed by atoms with E-state index in [4.69, 9.17) is 0 Å². The van der Waals surface area contributed by atoms with Crippen LogP contribution in [0.15, 0.2) is 66.8 Å². The zero-order chi connectivity index (χ0) is 26.4. The van der Waals surface area contributed by atoms with Crippen molar-refractivity contribution in [3.05, 3.63) is 94.6 Å². The maximum Gasteiger partial charge on any atom is 0.152 e. The predicted octanol–water partition coefficient (Wildman–Crippen LogP) is 9.60. The Bertz CT molecular complexity index is 1050. The molecule has 0 saturated carbocycles. The number of ketones is 2. The maximum atomic E-state index is 12.4. The summed E-state index contributed by atoms with van der Waals surface area (Å²) in [7, 11) is 0. The largest absolute Gasteiger partial charge is 0.299 e. The Kier molecular flexibility index (Phi) is 16.0. The summed E-state index contributed by atoms with van der Waals surface area (Å²) in [6.07, 6.45) is 8.46. The van der Waals surface area contributed by atoms with Crippen molar-refractivity contribution in [3.63, 3.8) is 0 Å². The Hall–Kier alpha value is -3.00. The maximum absolute atomic E-state index is 12.4. The summed E-state index contributed by atoms with van der Waals surface area (Å²) in [5.41, 5.74) is 8.44. The third-order valence-electron chi connectivity index (χ3n) is 5.87. The van der Waals surface area contributed by atoms with Crippen molar-refractivity contribution in [2.75, 3.05) is 0 Å². The van der Waals surface area contributed by atoms with Crippen molar-refractivity contribution in [2.45, 2.75) is 94.4 Å². The minimum atomic E-state index is 0. The second kappa shape index (κ2) is 17.4. The van der Waals surface area contributed by atoms with Crippen LogP contribution in [0.3, 0.4) is 0 Å². The van der Waals surface area contributed by atoms with Crippen LogP contribution in [0.5, 0.6) is 0 Å². The fraction of sp³-hybridized carbons (Fsp3) is 0.412. The first-order valence-electron chi connectivity index (χ1n) is 13.2. The van der Waals surface area contributed by atoms with Crippen molar-refractivity contribution < 1.29 is 9.59 Å². The number of carbonyl (C=O) groups is 2. The van der Waals surface area contributed by atoms with Gasteiger partial charge in [0.15, 0.2) is 5.78 Å². The molecule has 0 unspecified atom stereocenters. The van der Waals surface area contributed by atoms with Crippen LogP contribution in [0.1, 0.15) is 109 Å². The topological polar surface area (TPSA) is 34.1 Å². The molecule has 0 bridgehead atoms. The van der Waals surface area contributed by atoms with Gasteiger partial charge in [-0.2, -0.15) is 0 Å². The summed E-state index contributed by atoms with van der Waals surface area (Å²) in [4.78, 5) is 24.4. The first kappa shape index (κ1) is 33.0. The molecular formula is C34H48O2. The van der Waals surface area contributed by atoms with E-state index in [-0.39, 0.29) is 19.0 Å². The van der Waals surface area contributed by atoms with Gasteiger partial charge < -0.3 is 0 Å². The summed E-state index contributed by atoms with van der Waals surface area (Å²) in [6.45, 7) is 18.3. The van der Waals surface area contributed by atoms with Crippen LogP contribution in [0.25, 0.3) is 11.1 Å². The molecular weight excluding hydrogens is 440 g/mol. The van der Waals surface area contributed by atoms with Crippen molar-refractivity contribution in [3.8, 4) is 0 Å². The molecule has 0 amide bonds. The quantitative estimate of drug-likeness (QED) is 0.220. The fourth-order valence-electron chi connectivity index (χ4n) is 4.19. The van der Waals surface area contributed by atoms with Crippen LogP contribution in [0.2, 0.25) is 0 Å². The van der Waals surface area contributed by atoms with Crippen LogP contribution >= 0.6 is 0 Å². The van der Waals surface area contributed by atoms with E-state index < -0.39 is 0 Å². The average Bonchev–Trinajstić information content (AvgIpc) is 2.85. The highest BCUT2D eigenvalue weighted by Gasteiger charge is 2.17. The van der Waals surface area contributed by atoms with Gasteiger partial charge in [0.1, 0.15) is 5.78 Å². The standard InChI is InChI=1S/C31H38O2.C2H6.CH4/c1-7-11-27(19-22(5)32)29(10-4)31-21-25(20-28(33)12-8-2)15-18-30(31)23(6)26-16-13-24(9-3)14-17-26;1-2;/h10,13-19,21H,6-9,11-12,20H2,1-5H3;1-2H3;1H4/b27-19-,29-10+;;. The number of allylic oxidation sites excluding steroid dienone is 4. The second-order valence-electron chi connectivity index (χ2n) is 8.61. The van der Waals surface area contributed by atoms with E-state index in [1.165, 1.54) is 5.56 Å². The van der Waals surface area contributed by atoms with Gasteiger partial charge in [-0.25, -0.2) is 0 Å². The minimum Gasteiger partial charge on any atom is -0.299 e. The van der Waals surface area contributed by atoms with Gasteiger partial charge in [-0.3, -0.25) is 9.59 Å². The van der Waals surface area contributed by atoms with Crippen LogP contribution in [-0.2, 0) is 22.4 Å². The number of hydrogen-bond donors (Lipinski definition) is 0. The van der Waals surface area contributed by atoms with Crippen LogP contribution in [0, 0.1) is 0 Å². The fourth-order valence-corrected chi connectivity index (χ4v) is 4.19. The molecule has 2 aromatic carbocycles. The van der Waals surface area contributed by atoms with E-state index in [1.54, 1.807) is 13.0 Å². The van der Waals surface area contributed by atoms with Gasteiger partial charge in [0.2, 0.25) is 0 Å². The lowest BCUT2D eigenvalue weighted by atomic mass is 9.85. The zero-order valence-electron chi connectivity index (χ0n) is 23.0. The molecule has 0 N–H and O–H groups in total. The van der Waals surface area contributed by atoms with Gasteiger partial charge in [0, 0.05) is 12.8 Å². The smallest absolute Gasteiger partial charge is 0.152 e. The normalized spacial score (nSPS) is 11.2. The molecule has 0 heterocycles. The van der Waals surface area contributed by atoms with Gasteiger partial charge in [-0.15, -0.1) is 0 Å². The Morgan fingerprint density at radius 3 is 1.94 bits per heavy atom. The Balaban J connectivity index is 0.00000398. The molecule has 0 saturated heterocycles. The van der Waals surface area contributed by atoms with E-state index in [1.807, 2.05) is 33.8 Å². The molecule has 0 aromatic heterocycles. The highest BCUT2D eigenvalue weighted by atomic mass is 16.1. The van der Waals surface area contributed by atoms with E-state index in [2.05, 4.69) is 62.9 Å². The molecule has 0 spiro atoms. The molecule has 0 aliphatic heterocycles. The predicted molar refractivity (Wildman–Crippen MR) is 159 cm³/mol.